The van der Waals surface area contributed by atoms with Crippen molar-refractivity contribution in [1.82, 2.24) is 4.57 Å². The summed E-state index contributed by atoms with van der Waals surface area (Å²) in [7, 11) is 0. The Morgan fingerprint density at radius 1 is 1.13 bits per heavy atom. The van der Waals surface area contributed by atoms with Crippen molar-refractivity contribution in [3.05, 3.63) is 39.9 Å². The average Bonchev–Trinajstić information content (AvgIpc) is 3.24. The van der Waals surface area contributed by atoms with E-state index in [1.165, 1.54) is 18.7 Å². The Bertz CT molecular complexity index is 1020. The molecule has 1 heterocycles. The van der Waals surface area contributed by atoms with Crippen LogP contribution < -0.4 is 10.7 Å². The smallest absolute Gasteiger partial charge is 0.340 e. The van der Waals surface area contributed by atoms with Gasteiger partial charge in [0.2, 0.25) is 0 Å². The van der Waals surface area contributed by atoms with Crippen LogP contribution in [0.25, 0.3) is 10.9 Å². The highest BCUT2D eigenvalue weighted by Crippen LogP contribution is 2.35. The molecule has 162 valence electrons. The minimum Gasteiger partial charge on any atom is -0.479 e. The van der Waals surface area contributed by atoms with Gasteiger partial charge in [0.05, 0.1) is 16.8 Å². The number of carboxylic acid groups (broad SMARTS) is 1. The highest BCUT2D eigenvalue weighted by Gasteiger charge is 2.36. The van der Waals surface area contributed by atoms with Crippen molar-refractivity contribution in [1.29, 1.82) is 0 Å². The molecule has 3 N–H and O–H groups in total. The van der Waals surface area contributed by atoms with Gasteiger partial charge in [-0.2, -0.15) is 0 Å². The molecule has 2 fully saturated rings. The van der Waals surface area contributed by atoms with Crippen LogP contribution >= 0.6 is 0 Å². The van der Waals surface area contributed by atoms with Crippen molar-refractivity contribution in [2.75, 3.05) is 5.32 Å². The molecule has 1 aromatic carbocycles. The number of nitrogens with one attached hydrogen (secondary N) is 1. The zero-order valence-electron chi connectivity index (χ0n) is 17.3. The van der Waals surface area contributed by atoms with Crippen molar-refractivity contribution in [3.8, 4) is 0 Å². The molecule has 1 aromatic heterocycles. The molecule has 2 aromatic rings. The van der Waals surface area contributed by atoms with E-state index in [4.69, 9.17) is 0 Å². The lowest BCUT2D eigenvalue weighted by Gasteiger charge is -2.26. The first-order valence-corrected chi connectivity index (χ1v) is 10.9. The summed E-state index contributed by atoms with van der Waals surface area (Å²) in [6.07, 6.45) is 10.8. The summed E-state index contributed by atoms with van der Waals surface area (Å²) in [6.45, 7) is 1.09. The summed E-state index contributed by atoms with van der Waals surface area (Å²) in [5, 5.41) is 23.4. The summed E-state index contributed by atoms with van der Waals surface area (Å²) < 4.78 is 16.8. The molecule has 0 aliphatic heterocycles. The Morgan fingerprint density at radius 2 is 1.77 bits per heavy atom. The monoisotopic (exact) mass is 416 g/mol. The number of aliphatic hydroxyl groups is 1. The van der Waals surface area contributed by atoms with Gasteiger partial charge in [0.25, 0.3) is 0 Å². The molecule has 6 nitrogen and oxygen atoms in total. The molecule has 2 saturated carbocycles. The van der Waals surface area contributed by atoms with Gasteiger partial charge in [-0.3, -0.25) is 4.79 Å². The van der Waals surface area contributed by atoms with Gasteiger partial charge >= 0.3 is 5.97 Å². The third kappa shape index (κ3) is 3.71. The SMILES string of the molecule is CC(O)(C(=O)O)c1cn(C2CCCC2)c2cc(NC3CCCCC3)c(F)cc2c1=O. The van der Waals surface area contributed by atoms with E-state index in [2.05, 4.69) is 5.32 Å². The number of aliphatic carboxylic acids is 1. The maximum Gasteiger partial charge on any atom is 0.340 e. The maximum atomic E-state index is 15.0. The van der Waals surface area contributed by atoms with Crippen molar-refractivity contribution in [3.63, 3.8) is 0 Å². The Labute approximate surface area is 174 Å². The van der Waals surface area contributed by atoms with E-state index in [1.54, 1.807) is 6.07 Å². The molecule has 0 spiro atoms. The van der Waals surface area contributed by atoms with E-state index in [0.29, 0.717) is 11.2 Å². The fourth-order valence-electron chi connectivity index (χ4n) is 4.89. The Hall–Kier alpha value is -2.41. The highest BCUT2D eigenvalue weighted by atomic mass is 19.1. The van der Waals surface area contributed by atoms with Crippen LogP contribution in [0.5, 0.6) is 0 Å². The van der Waals surface area contributed by atoms with Gasteiger partial charge in [0, 0.05) is 23.7 Å². The fourth-order valence-corrected chi connectivity index (χ4v) is 4.89. The second kappa shape index (κ2) is 8.02. The molecule has 1 unspecified atom stereocenters. The number of benzene rings is 1. The number of pyridine rings is 1. The lowest BCUT2D eigenvalue weighted by molar-refractivity contribution is -0.157. The van der Waals surface area contributed by atoms with Crippen LogP contribution in [0.3, 0.4) is 0 Å². The van der Waals surface area contributed by atoms with E-state index in [9.17, 15) is 24.2 Å². The predicted molar refractivity (Wildman–Crippen MR) is 113 cm³/mol. The molecule has 1 atom stereocenters. The predicted octanol–water partition coefficient (Wildman–Crippen LogP) is 4.29. The summed E-state index contributed by atoms with van der Waals surface area (Å²) in [5.74, 6) is -2.04. The second-order valence-electron chi connectivity index (χ2n) is 8.92. The summed E-state index contributed by atoms with van der Waals surface area (Å²) >= 11 is 0. The normalized spacial score (nSPS) is 20.4. The van der Waals surface area contributed by atoms with Crippen LogP contribution in [0.15, 0.2) is 23.1 Å². The number of hydrogen-bond acceptors (Lipinski definition) is 4. The van der Waals surface area contributed by atoms with E-state index in [-0.39, 0.29) is 23.0 Å². The van der Waals surface area contributed by atoms with E-state index in [0.717, 1.165) is 58.3 Å². The third-order valence-corrected chi connectivity index (χ3v) is 6.74. The van der Waals surface area contributed by atoms with Gasteiger partial charge in [-0.1, -0.05) is 32.1 Å². The first-order chi connectivity index (χ1) is 14.3. The van der Waals surface area contributed by atoms with Crippen LogP contribution in [0.1, 0.15) is 76.3 Å². The van der Waals surface area contributed by atoms with Crippen LogP contribution in [-0.2, 0) is 10.4 Å². The number of carbonyl (C=O) groups is 1. The van der Waals surface area contributed by atoms with Crippen molar-refractivity contribution in [2.24, 2.45) is 0 Å². The van der Waals surface area contributed by atoms with E-state index >= 15 is 0 Å². The molecule has 0 amide bonds. The van der Waals surface area contributed by atoms with Gasteiger partial charge in [-0.15, -0.1) is 0 Å². The number of anilines is 1. The van der Waals surface area contributed by atoms with Gasteiger partial charge in [0.1, 0.15) is 5.82 Å². The average molecular weight is 416 g/mol. The molecule has 0 saturated heterocycles. The number of rotatable bonds is 5. The molecule has 2 aliphatic carbocycles. The van der Waals surface area contributed by atoms with Gasteiger partial charge in [-0.25, -0.2) is 9.18 Å². The van der Waals surface area contributed by atoms with Crippen LogP contribution in [0, 0.1) is 5.82 Å². The number of halogens is 1. The minimum atomic E-state index is -2.35. The number of hydrogen-bond donors (Lipinski definition) is 3. The molecular formula is C23H29FN2O4. The minimum absolute atomic E-state index is 0.0874. The van der Waals surface area contributed by atoms with Crippen molar-refractivity contribution < 1.29 is 19.4 Å². The first-order valence-electron chi connectivity index (χ1n) is 10.9. The molecule has 30 heavy (non-hydrogen) atoms. The van der Waals surface area contributed by atoms with Crippen molar-refractivity contribution in [2.45, 2.75) is 82.4 Å². The van der Waals surface area contributed by atoms with Crippen LogP contribution in [-0.4, -0.2) is 26.8 Å². The second-order valence-corrected chi connectivity index (χ2v) is 8.92. The topological polar surface area (TPSA) is 91.6 Å². The standard InChI is InChI=1S/C23H29FN2O4/c1-23(30,22(28)29)17-13-26(15-9-5-6-10-15)20-12-19(18(24)11-16(20)21(17)27)25-14-7-3-2-4-8-14/h11-15,25,30H,2-10H2,1H3,(H,28,29). The zero-order valence-corrected chi connectivity index (χ0v) is 17.3. The number of carboxylic acids is 1. The molecular weight excluding hydrogens is 387 g/mol. The van der Waals surface area contributed by atoms with Gasteiger partial charge in [-0.05, 0) is 44.7 Å². The zero-order chi connectivity index (χ0) is 21.5. The molecule has 2 aliphatic rings. The van der Waals surface area contributed by atoms with E-state index < -0.39 is 22.8 Å². The van der Waals surface area contributed by atoms with Crippen LogP contribution in [0.2, 0.25) is 0 Å². The molecule has 7 heteroatoms. The quantitative estimate of drug-likeness (QED) is 0.676. The first kappa shape index (κ1) is 20.8. The van der Waals surface area contributed by atoms with E-state index in [1.807, 2.05) is 4.57 Å². The molecule has 4 rings (SSSR count). The highest BCUT2D eigenvalue weighted by molar-refractivity contribution is 5.86. The van der Waals surface area contributed by atoms with Crippen molar-refractivity contribution >= 4 is 22.6 Å². The lowest BCUT2D eigenvalue weighted by Crippen LogP contribution is -2.38. The maximum absolute atomic E-state index is 15.0. The number of aromatic nitrogens is 1. The van der Waals surface area contributed by atoms with Crippen LogP contribution in [0.4, 0.5) is 10.1 Å². The lowest BCUT2D eigenvalue weighted by atomic mass is 9.94. The summed E-state index contributed by atoms with van der Waals surface area (Å²) in [6, 6.07) is 3.17. The Balaban J connectivity index is 1.88. The molecule has 0 radical (unpaired) electrons. The summed E-state index contributed by atoms with van der Waals surface area (Å²) in [4.78, 5) is 24.7. The number of fused-ring (bicyclic) bond motifs is 1. The fraction of sp³-hybridized carbons (Fsp3) is 0.565. The Kier molecular flexibility index (Phi) is 5.57. The van der Waals surface area contributed by atoms with Gasteiger partial charge in [0.15, 0.2) is 11.0 Å². The number of nitrogens with zero attached hydrogens (tertiary/aromatic N) is 1. The molecule has 0 bridgehead atoms. The summed E-state index contributed by atoms with van der Waals surface area (Å²) in [5.41, 5.74) is -2.27. The van der Waals surface area contributed by atoms with Gasteiger partial charge < -0.3 is 20.1 Å². The third-order valence-electron chi connectivity index (χ3n) is 6.74. The largest absolute Gasteiger partial charge is 0.479 e. The Morgan fingerprint density at radius 3 is 2.40 bits per heavy atom.